The van der Waals surface area contributed by atoms with Gasteiger partial charge in [0, 0.05) is 23.3 Å². The van der Waals surface area contributed by atoms with Gasteiger partial charge < -0.3 is 24.9 Å². The standard InChI is InChI=1S/C27H37ClN2O6/c1-16(7-9-20-25(34)21(13-29-15-31)18(3)24(28)26(20)35-6)11-12-27(5)17(2)8-10-22(19(27)4)30-36-14-23(32)33/h7,11-13,17,19,31,34H,8-10,14-15H2,1-6H3,(H,32,33)/b12-11+,16-7+,29-13+,30-22+/t17-,19+,27+/m1/s1. The molecule has 198 valence electrons. The Balaban J connectivity index is 2.31. The molecule has 0 saturated heterocycles. The molecule has 0 amide bonds. The van der Waals surface area contributed by atoms with Gasteiger partial charge in [-0.1, -0.05) is 61.3 Å². The average Bonchev–Trinajstić information content (AvgIpc) is 2.84. The van der Waals surface area contributed by atoms with Crippen molar-refractivity contribution in [1.82, 2.24) is 0 Å². The number of methoxy groups -OCH3 is 1. The minimum Gasteiger partial charge on any atom is -0.507 e. The number of ether oxygens (including phenoxy) is 1. The number of benzene rings is 1. The molecule has 1 aliphatic rings. The first-order valence-corrected chi connectivity index (χ1v) is 12.3. The van der Waals surface area contributed by atoms with E-state index in [2.05, 4.69) is 43.1 Å². The minimum atomic E-state index is -1.05. The largest absolute Gasteiger partial charge is 0.507 e. The van der Waals surface area contributed by atoms with Crippen molar-refractivity contribution in [2.45, 2.75) is 53.9 Å². The summed E-state index contributed by atoms with van der Waals surface area (Å²) in [6.45, 7) is 9.38. The highest BCUT2D eigenvalue weighted by atomic mass is 35.5. The zero-order valence-electron chi connectivity index (χ0n) is 21.8. The number of phenols is 1. The van der Waals surface area contributed by atoms with E-state index in [0.717, 1.165) is 24.1 Å². The van der Waals surface area contributed by atoms with Gasteiger partial charge in [0.05, 0.1) is 17.8 Å². The molecular weight excluding hydrogens is 484 g/mol. The fraction of sp³-hybridized carbons (Fsp3) is 0.519. The molecule has 0 unspecified atom stereocenters. The van der Waals surface area contributed by atoms with Crippen LogP contribution in [0.3, 0.4) is 0 Å². The molecule has 0 spiro atoms. The molecule has 0 radical (unpaired) electrons. The van der Waals surface area contributed by atoms with E-state index in [1.807, 2.05) is 13.0 Å². The van der Waals surface area contributed by atoms with E-state index in [1.54, 1.807) is 6.92 Å². The highest BCUT2D eigenvalue weighted by Gasteiger charge is 2.41. The third kappa shape index (κ3) is 6.68. The number of aromatic hydroxyl groups is 1. The molecule has 3 atom stereocenters. The van der Waals surface area contributed by atoms with Crippen LogP contribution in [0.15, 0.2) is 33.9 Å². The summed E-state index contributed by atoms with van der Waals surface area (Å²) in [6, 6.07) is 0. The van der Waals surface area contributed by atoms with Gasteiger partial charge >= 0.3 is 5.97 Å². The molecule has 0 aromatic heterocycles. The summed E-state index contributed by atoms with van der Waals surface area (Å²) in [5, 5.41) is 33.3. The number of aliphatic imine (C=N–C) groups is 1. The second-order valence-corrected chi connectivity index (χ2v) is 9.81. The number of carbonyl (C=O) groups is 1. The number of phenolic OH excluding ortho intramolecular Hbond substituents is 1. The van der Waals surface area contributed by atoms with Gasteiger partial charge in [-0.05, 0) is 50.0 Å². The Hall–Kier alpha value is -2.84. The minimum absolute atomic E-state index is 0.0164. The summed E-state index contributed by atoms with van der Waals surface area (Å²) >= 11 is 6.50. The van der Waals surface area contributed by atoms with E-state index in [0.29, 0.717) is 39.8 Å². The predicted octanol–water partition coefficient (Wildman–Crippen LogP) is 5.31. The van der Waals surface area contributed by atoms with Crippen LogP contribution in [0.25, 0.3) is 0 Å². The quantitative estimate of drug-likeness (QED) is 0.218. The lowest BCUT2D eigenvalue weighted by Crippen LogP contribution is -2.40. The zero-order valence-corrected chi connectivity index (χ0v) is 22.6. The second kappa shape index (κ2) is 12.9. The number of aliphatic carboxylic acids is 1. The van der Waals surface area contributed by atoms with Crippen molar-refractivity contribution >= 4 is 29.5 Å². The van der Waals surface area contributed by atoms with Crippen LogP contribution in [0.4, 0.5) is 0 Å². The first kappa shape index (κ1) is 29.4. The molecular formula is C27H37ClN2O6. The number of hydrogen-bond donors (Lipinski definition) is 3. The maximum absolute atomic E-state index is 10.9. The van der Waals surface area contributed by atoms with Crippen LogP contribution in [-0.4, -0.2) is 53.7 Å². The van der Waals surface area contributed by atoms with E-state index >= 15 is 0 Å². The number of nitrogens with zero attached hydrogens (tertiary/aromatic N) is 2. The number of aliphatic hydroxyl groups excluding tert-OH is 1. The summed E-state index contributed by atoms with van der Waals surface area (Å²) in [6.07, 6.45) is 9.70. The van der Waals surface area contributed by atoms with Crippen LogP contribution >= 0.6 is 11.6 Å². The lowest BCUT2D eigenvalue weighted by molar-refractivity contribution is -0.142. The summed E-state index contributed by atoms with van der Waals surface area (Å²) in [4.78, 5) is 19.6. The molecule has 0 heterocycles. The van der Waals surface area contributed by atoms with Crippen LogP contribution in [0, 0.1) is 24.2 Å². The molecule has 1 aromatic rings. The molecule has 1 saturated carbocycles. The molecule has 9 heteroatoms. The maximum atomic E-state index is 10.9. The number of halogens is 1. The van der Waals surface area contributed by atoms with Crippen LogP contribution in [0.2, 0.25) is 5.02 Å². The van der Waals surface area contributed by atoms with Gasteiger partial charge in [-0.3, -0.25) is 4.99 Å². The Kier molecular flexibility index (Phi) is 10.5. The van der Waals surface area contributed by atoms with Crippen molar-refractivity contribution in [2.24, 2.45) is 27.4 Å². The fourth-order valence-electron chi connectivity index (χ4n) is 4.48. The van der Waals surface area contributed by atoms with Gasteiger partial charge in [0.25, 0.3) is 0 Å². The smallest absolute Gasteiger partial charge is 0.344 e. The van der Waals surface area contributed by atoms with E-state index < -0.39 is 19.3 Å². The Bertz CT molecular complexity index is 1080. The van der Waals surface area contributed by atoms with Gasteiger partial charge in [-0.15, -0.1) is 0 Å². The van der Waals surface area contributed by atoms with Gasteiger partial charge in [0.15, 0.2) is 0 Å². The van der Waals surface area contributed by atoms with Gasteiger partial charge in [-0.25, -0.2) is 4.79 Å². The fourth-order valence-corrected chi connectivity index (χ4v) is 4.78. The Labute approximate surface area is 218 Å². The topological polar surface area (TPSA) is 121 Å². The monoisotopic (exact) mass is 520 g/mol. The lowest BCUT2D eigenvalue weighted by atomic mass is 9.61. The SMILES string of the molecule is COc1c(Cl)c(C)c(/C=N/CO)c(O)c1C/C=C(C)/C=C/[C@@]1(C)[C@H](C)CC/C(=N\OCC(=O)O)[C@@H]1C. The number of carboxylic acid groups (broad SMARTS) is 1. The average molecular weight is 521 g/mol. The third-order valence-corrected chi connectivity index (χ3v) is 7.74. The molecule has 3 N–H and O–H groups in total. The molecule has 0 bridgehead atoms. The number of carboxylic acids is 1. The van der Waals surface area contributed by atoms with Gasteiger partial charge in [0.2, 0.25) is 6.61 Å². The number of aliphatic hydroxyl groups is 1. The molecule has 1 aromatic carbocycles. The number of hydrogen-bond acceptors (Lipinski definition) is 7. The van der Waals surface area contributed by atoms with Crippen molar-refractivity contribution in [3.8, 4) is 11.5 Å². The molecule has 1 aliphatic carbocycles. The Morgan fingerprint density at radius 3 is 2.64 bits per heavy atom. The summed E-state index contributed by atoms with van der Waals surface area (Å²) in [5.74, 6) is -0.159. The molecule has 1 fully saturated rings. The maximum Gasteiger partial charge on any atom is 0.344 e. The molecule has 0 aliphatic heterocycles. The lowest BCUT2D eigenvalue weighted by Gasteiger charge is -2.43. The van der Waals surface area contributed by atoms with Gasteiger partial charge in [-0.2, -0.15) is 0 Å². The summed E-state index contributed by atoms with van der Waals surface area (Å²) in [7, 11) is 1.51. The van der Waals surface area contributed by atoms with E-state index in [9.17, 15) is 9.90 Å². The van der Waals surface area contributed by atoms with Crippen molar-refractivity contribution in [3.63, 3.8) is 0 Å². The van der Waals surface area contributed by atoms with Crippen molar-refractivity contribution in [3.05, 3.63) is 45.5 Å². The van der Waals surface area contributed by atoms with E-state index in [4.69, 9.17) is 31.4 Å². The van der Waals surface area contributed by atoms with E-state index in [-0.39, 0.29) is 17.1 Å². The van der Waals surface area contributed by atoms with Crippen molar-refractivity contribution in [1.29, 1.82) is 0 Å². The highest BCUT2D eigenvalue weighted by Crippen LogP contribution is 2.45. The number of allylic oxidation sites excluding steroid dienone is 4. The first-order valence-electron chi connectivity index (χ1n) is 11.9. The molecule has 2 rings (SSSR count). The Morgan fingerprint density at radius 2 is 2.03 bits per heavy atom. The third-order valence-electron chi connectivity index (χ3n) is 7.29. The first-order chi connectivity index (χ1) is 17.0. The zero-order chi connectivity index (χ0) is 27.0. The highest BCUT2D eigenvalue weighted by molar-refractivity contribution is 6.33. The number of oxime groups is 1. The number of rotatable bonds is 10. The normalized spacial score (nSPS) is 24.1. The molecule has 8 nitrogen and oxygen atoms in total. The molecule has 36 heavy (non-hydrogen) atoms. The second-order valence-electron chi connectivity index (χ2n) is 9.43. The van der Waals surface area contributed by atoms with Crippen LogP contribution < -0.4 is 4.74 Å². The van der Waals surface area contributed by atoms with Crippen LogP contribution in [0.1, 0.15) is 57.2 Å². The predicted molar refractivity (Wildman–Crippen MR) is 142 cm³/mol. The van der Waals surface area contributed by atoms with Crippen LogP contribution in [0.5, 0.6) is 11.5 Å². The summed E-state index contributed by atoms with van der Waals surface area (Å²) in [5.41, 5.74) is 3.26. The van der Waals surface area contributed by atoms with Gasteiger partial charge in [0.1, 0.15) is 18.2 Å². The van der Waals surface area contributed by atoms with Crippen LogP contribution in [-0.2, 0) is 16.1 Å². The summed E-state index contributed by atoms with van der Waals surface area (Å²) < 4.78 is 5.49. The van der Waals surface area contributed by atoms with Crippen molar-refractivity contribution < 1.29 is 29.7 Å². The van der Waals surface area contributed by atoms with E-state index in [1.165, 1.54) is 13.3 Å². The van der Waals surface area contributed by atoms with Crippen molar-refractivity contribution in [2.75, 3.05) is 20.4 Å². The Morgan fingerprint density at radius 1 is 1.33 bits per heavy atom.